The summed E-state index contributed by atoms with van der Waals surface area (Å²) in [6, 6.07) is 13.2. The maximum atomic E-state index is 13.4. The Morgan fingerprint density at radius 2 is 1.94 bits per heavy atom. The second kappa shape index (κ2) is 11.0. The molecule has 4 rings (SSSR count). The highest BCUT2D eigenvalue weighted by atomic mass is 16.5. The standard InChI is InChI=1S/C26H33N5O5/c1-17-13-20(17)21-10-9-19(36-21)15-29(2)16-22(32)30(11-12-35-3)23-24(27)31(26(34)28-25(23)33)14-18-7-5-4-6-8-18/h4-10,17,20H,11-16,27H2,1-3H3,(H,28,33,34)/t17-,20-/m1/s1. The number of H-pyrrole nitrogens is 1. The highest BCUT2D eigenvalue weighted by Crippen LogP contribution is 2.47. The van der Waals surface area contributed by atoms with Gasteiger partial charge in [-0.15, -0.1) is 0 Å². The van der Waals surface area contributed by atoms with Gasteiger partial charge in [0.2, 0.25) is 5.91 Å². The third-order valence-corrected chi connectivity index (χ3v) is 6.48. The molecular weight excluding hydrogens is 462 g/mol. The highest BCUT2D eigenvalue weighted by molar-refractivity contribution is 5.96. The number of methoxy groups -OCH3 is 1. The van der Waals surface area contributed by atoms with Crippen LogP contribution in [-0.2, 0) is 22.6 Å². The summed E-state index contributed by atoms with van der Waals surface area (Å²) < 4.78 is 12.4. The summed E-state index contributed by atoms with van der Waals surface area (Å²) in [6.07, 6.45) is 1.14. The van der Waals surface area contributed by atoms with Crippen molar-refractivity contribution >= 4 is 17.4 Å². The summed E-state index contributed by atoms with van der Waals surface area (Å²) in [5.74, 6) is 2.46. The molecule has 0 unspecified atom stereocenters. The first-order valence-electron chi connectivity index (χ1n) is 12.0. The van der Waals surface area contributed by atoms with Gasteiger partial charge in [-0.2, -0.15) is 0 Å². The summed E-state index contributed by atoms with van der Waals surface area (Å²) >= 11 is 0. The van der Waals surface area contributed by atoms with Gasteiger partial charge in [-0.05, 0) is 37.1 Å². The van der Waals surface area contributed by atoms with Crippen molar-refractivity contribution in [3.05, 3.63) is 80.4 Å². The number of nitrogen functional groups attached to an aromatic ring is 1. The lowest BCUT2D eigenvalue weighted by Gasteiger charge is -2.26. The fourth-order valence-electron chi connectivity index (χ4n) is 4.34. The van der Waals surface area contributed by atoms with Gasteiger partial charge in [-0.25, -0.2) is 4.79 Å². The number of hydrogen-bond donors (Lipinski definition) is 2. The number of carbonyl (C=O) groups excluding carboxylic acids is 1. The smallest absolute Gasteiger partial charge is 0.330 e. The van der Waals surface area contributed by atoms with Gasteiger partial charge < -0.3 is 19.8 Å². The number of amides is 1. The second-order valence-corrected chi connectivity index (χ2v) is 9.40. The number of nitrogens with one attached hydrogen (secondary N) is 1. The molecule has 3 aromatic rings. The number of hydrogen-bond acceptors (Lipinski definition) is 7. The van der Waals surface area contributed by atoms with E-state index in [4.69, 9.17) is 14.9 Å². The molecule has 2 heterocycles. The first-order valence-corrected chi connectivity index (χ1v) is 12.0. The Balaban J connectivity index is 1.55. The number of nitrogens with two attached hydrogens (primary N) is 1. The number of anilines is 2. The summed E-state index contributed by atoms with van der Waals surface area (Å²) in [4.78, 5) is 44.2. The molecule has 0 bridgehead atoms. The van der Waals surface area contributed by atoms with Crippen LogP contribution in [0.3, 0.4) is 0 Å². The molecule has 192 valence electrons. The van der Waals surface area contributed by atoms with Crippen molar-refractivity contribution in [2.75, 3.05) is 44.5 Å². The lowest BCUT2D eigenvalue weighted by atomic mass is 10.2. The summed E-state index contributed by atoms with van der Waals surface area (Å²) in [5.41, 5.74) is 5.73. The Bertz CT molecular complexity index is 1310. The molecule has 2 atom stereocenters. The van der Waals surface area contributed by atoms with Gasteiger partial charge in [0.25, 0.3) is 5.56 Å². The number of furan rings is 1. The number of aromatic nitrogens is 2. The lowest BCUT2D eigenvalue weighted by Crippen LogP contribution is -2.45. The summed E-state index contributed by atoms with van der Waals surface area (Å²) in [7, 11) is 3.31. The minimum absolute atomic E-state index is 0.0102. The van der Waals surface area contributed by atoms with Gasteiger partial charge in [0.15, 0.2) is 5.69 Å². The predicted molar refractivity (Wildman–Crippen MR) is 137 cm³/mol. The van der Waals surface area contributed by atoms with Crippen molar-refractivity contribution in [3.8, 4) is 0 Å². The number of ether oxygens (including phenoxy) is 1. The van der Waals surface area contributed by atoms with Gasteiger partial charge in [-0.1, -0.05) is 37.3 Å². The van der Waals surface area contributed by atoms with E-state index in [9.17, 15) is 14.4 Å². The topological polar surface area (TPSA) is 127 Å². The molecule has 1 aliphatic rings. The number of carbonyl (C=O) groups is 1. The Morgan fingerprint density at radius 1 is 1.22 bits per heavy atom. The molecule has 1 saturated carbocycles. The molecule has 3 N–H and O–H groups in total. The van der Waals surface area contributed by atoms with Crippen molar-refractivity contribution in [1.82, 2.24) is 14.5 Å². The third-order valence-electron chi connectivity index (χ3n) is 6.48. The first-order chi connectivity index (χ1) is 17.3. The fourth-order valence-corrected chi connectivity index (χ4v) is 4.34. The largest absolute Gasteiger partial charge is 0.464 e. The summed E-state index contributed by atoms with van der Waals surface area (Å²) in [5, 5.41) is 0. The van der Waals surface area contributed by atoms with Crippen LogP contribution in [-0.4, -0.2) is 54.2 Å². The molecule has 0 spiro atoms. The lowest BCUT2D eigenvalue weighted by molar-refractivity contribution is -0.119. The van der Waals surface area contributed by atoms with E-state index in [1.807, 2.05) is 47.4 Å². The second-order valence-electron chi connectivity index (χ2n) is 9.40. The Hall–Kier alpha value is -3.63. The first kappa shape index (κ1) is 25.5. The van der Waals surface area contributed by atoms with Crippen molar-refractivity contribution < 1.29 is 13.9 Å². The quantitative estimate of drug-likeness (QED) is 0.417. The maximum Gasteiger partial charge on any atom is 0.330 e. The fraction of sp³-hybridized carbons (Fsp3) is 0.423. The van der Waals surface area contributed by atoms with E-state index in [-0.39, 0.29) is 43.7 Å². The van der Waals surface area contributed by atoms with Crippen LogP contribution in [0.2, 0.25) is 0 Å². The van der Waals surface area contributed by atoms with Crippen LogP contribution < -0.4 is 21.9 Å². The molecule has 1 aromatic carbocycles. The zero-order valence-electron chi connectivity index (χ0n) is 20.9. The Morgan fingerprint density at radius 3 is 2.61 bits per heavy atom. The maximum absolute atomic E-state index is 13.4. The minimum Gasteiger partial charge on any atom is -0.464 e. The molecule has 36 heavy (non-hydrogen) atoms. The van der Waals surface area contributed by atoms with E-state index in [0.29, 0.717) is 18.4 Å². The molecule has 2 aromatic heterocycles. The number of aromatic amines is 1. The molecular formula is C26H33N5O5. The van der Waals surface area contributed by atoms with E-state index in [1.165, 1.54) is 16.6 Å². The third kappa shape index (κ3) is 5.77. The molecule has 1 aliphatic carbocycles. The number of nitrogens with zero attached hydrogens (tertiary/aromatic N) is 3. The molecule has 1 fully saturated rings. The average molecular weight is 496 g/mol. The highest BCUT2D eigenvalue weighted by Gasteiger charge is 2.36. The SMILES string of the molecule is COCCN(C(=O)CN(C)Cc1ccc([C@@H]2C[C@H]2C)o1)c1c(N)n(Cc2ccccc2)c(=O)[nH]c1=O. The van der Waals surface area contributed by atoms with E-state index >= 15 is 0 Å². The number of rotatable bonds is 11. The van der Waals surface area contributed by atoms with E-state index < -0.39 is 11.2 Å². The van der Waals surface area contributed by atoms with Crippen LogP contribution in [0.15, 0.2) is 56.5 Å². The van der Waals surface area contributed by atoms with Crippen molar-refractivity contribution in [1.29, 1.82) is 0 Å². The van der Waals surface area contributed by atoms with Gasteiger partial charge in [0.05, 0.1) is 26.2 Å². The molecule has 1 amide bonds. The van der Waals surface area contributed by atoms with E-state index in [0.717, 1.165) is 23.5 Å². The van der Waals surface area contributed by atoms with E-state index in [2.05, 4.69) is 11.9 Å². The zero-order chi connectivity index (χ0) is 25.8. The van der Waals surface area contributed by atoms with Crippen LogP contribution in [0.4, 0.5) is 11.5 Å². The van der Waals surface area contributed by atoms with E-state index in [1.54, 1.807) is 7.05 Å². The van der Waals surface area contributed by atoms with Gasteiger partial charge in [-0.3, -0.25) is 24.0 Å². The van der Waals surface area contributed by atoms with Crippen LogP contribution in [0.5, 0.6) is 0 Å². The average Bonchev–Trinajstić information content (AvgIpc) is 3.39. The number of likely N-dealkylation sites (N-methyl/N-ethyl adjacent to an activating group) is 1. The van der Waals surface area contributed by atoms with Gasteiger partial charge in [0, 0.05) is 19.6 Å². The Labute approximate surface area is 209 Å². The predicted octanol–water partition coefficient (Wildman–Crippen LogP) is 1.99. The molecule has 0 radical (unpaired) electrons. The molecule has 10 heteroatoms. The van der Waals surface area contributed by atoms with Crippen LogP contribution in [0.1, 0.15) is 36.3 Å². The van der Waals surface area contributed by atoms with Gasteiger partial charge >= 0.3 is 5.69 Å². The normalized spacial score (nSPS) is 16.9. The van der Waals surface area contributed by atoms with Gasteiger partial charge in [0.1, 0.15) is 17.3 Å². The van der Waals surface area contributed by atoms with Crippen molar-refractivity contribution in [2.45, 2.75) is 32.4 Å². The van der Waals surface area contributed by atoms with Crippen LogP contribution in [0.25, 0.3) is 0 Å². The molecule has 10 nitrogen and oxygen atoms in total. The summed E-state index contributed by atoms with van der Waals surface area (Å²) in [6.45, 7) is 3.09. The van der Waals surface area contributed by atoms with Crippen molar-refractivity contribution in [2.24, 2.45) is 5.92 Å². The monoisotopic (exact) mass is 495 g/mol. The van der Waals surface area contributed by atoms with Crippen molar-refractivity contribution in [3.63, 3.8) is 0 Å². The molecule has 0 aliphatic heterocycles. The molecule has 0 saturated heterocycles. The minimum atomic E-state index is -0.719. The number of benzene rings is 1. The van der Waals surface area contributed by atoms with Crippen LogP contribution >= 0.6 is 0 Å². The zero-order valence-corrected chi connectivity index (χ0v) is 20.9. The van der Waals surface area contributed by atoms with Crippen LogP contribution in [0, 0.1) is 5.92 Å². The Kier molecular flexibility index (Phi) is 7.76.